The van der Waals surface area contributed by atoms with Crippen LogP contribution in [0.5, 0.6) is 0 Å². The molecule has 1 heterocycles. The van der Waals surface area contributed by atoms with Gasteiger partial charge in [0.2, 0.25) is 0 Å². The molecule has 0 spiro atoms. The second kappa shape index (κ2) is 7.78. The molecule has 24 heavy (non-hydrogen) atoms. The maximum atomic E-state index is 12.1. The monoisotopic (exact) mass is 327 g/mol. The second-order valence-electron chi connectivity index (χ2n) is 7.30. The zero-order valence-corrected chi connectivity index (χ0v) is 15.6. The summed E-state index contributed by atoms with van der Waals surface area (Å²) in [5, 5.41) is 0. The van der Waals surface area contributed by atoms with Crippen LogP contribution < -0.4 is 0 Å². The third kappa shape index (κ3) is 4.80. The van der Waals surface area contributed by atoms with Crippen molar-refractivity contribution >= 4 is 5.97 Å². The first-order chi connectivity index (χ1) is 11.3. The van der Waals surface area contributed by atoms with Gasteiger partial charge in [-0.25, -0.2) is 4.79 Å². The fraction of sp³-hybridized carbons (Fsp3) is 0.524. The number of pyridine rings is 1. The van der Waals surface area contributed by atoms with E-state index < -0.39 is 0 Å². The number of allylic oxidation sites excluding steroid dienone is 4. The van der Waals surface area contributed by atoms with Crippen molar-refractivity contribution in [2.45, 2.75) is 60.3 Å². The molecule has 0 amide bonds. The summed E-state index contributed by atoms with van der Waals surface area (Å²) < 4.78 is 5.16. The van der Waals surface area contributed by atoms with E-state index in [2.05, 4.69) is 39.0 Å². The number of ether oxygens (including phenoxy) is 1. The Bertz CT molecular complexity index is 669. The lowest BCUT2D eigenvalue weighted by atomic mass is 9.87. The third-order valence-corrected chi connectivity index (χ3v) is 4.52. The molecule has 3 nitrogen and oxygen atoms in total. The van der Waals surface area contributed by atoms with E-state index >= 15 is 0 Å². The molecule has 1 aliphatic rings. The van der Waals surface area contributed by atoms with Gasteiger partial charge < -0.3 is 4.74 Å². The molecule has 0 unspecified atom stereocenters. The van der Waals surface area contributed by atoms with Gasteiger partial charge in [-0.1, -0.05) is 37.6 Å². The Labute approximate surface area is 145 Å². The van der Waals surface area contributed by atoms with Crippen LogP contribution in [0.2, 0.25) is 0 Å². The minimum absolute atomic E-state index is 0.147. The van der Waals surface area contributed by atoms with Crippen molar-refractivity contribution in [3.8, 4) is 0 Å². The molecule has 0 saturated carbocycles. The van der Waals surface area contributed by atoms with Gasteiger partial charge in [-0.05, 0) is 63.5 Å². The van der Waals surface area contributed by atoms with Crippen LogP contribution in [-0.2, 0) is 17.6 Å². The number of carbonyl (C=O) groups excluding carboxylic acids is 1. The van der Waals surface area contributed by atoms with Crippen LogP contribution >= 0.6 is 0 Å². The maximum Gasteiger partial charge on any atom is 0.339 e. The van der Waals surface area contributed by atoms with E-state index in [0.29, 0.717) is 12.2 Å². The molecule has 0 fully saturated rings. The van der Waals surface area contributed by atoms with Gasteiger partial charge in [0.15, 0.2) is 0 Å². The lowest BCUT2D eigenvalue weighted by molar-refractivity contribution is 0.0524. The molecule has 0 bridgehead atoms. The molecule has 130 valence electrons. The zero-order chi connectivity index (χ0) is 17.7. The molecule has 1 aliphatic carbocycles. The first-order valence-electron chi connectivity index (χ1n) is 8.82. The van der Waals surface area contributed by atoms with Gasteiger partial charge in [0, 0.05) is 5.69 Å². The lowest BCUT2D eigenvalue weighted by Crippen LogP contribution is -2.11. The Kier molecular flexibility index (Phi) is 5.98. The SMILES string of the molecule is CCOC(=O)c1cc2c(nc1C)CC/C(C)=C/CC(C)(C)/C=C/C2. The normalized spacial score (nSPS) is 21.0. The molecule has 0 aromatic carbocycles. The van der Waals surface area contributed by atoms with Gasteiger partial charge >= 0.3 is 5.97 Å². The topological polar surface area (TPSA) is 39.2 Å². The number of hydrogen-bond acceptors (Lipinski definition) is 3. The molecule has 3 heteroatoms. The van der Waals surface area contributed by atoms with Crippen LogP contribution in [-0.4, -0.2) is 17.6 Å². The van der Waals surface area contributed by atoms with E-state index in [0.717, 1.165) is 42.6 Å². The summed E-state index contributed by atoms with van der Waals surface area (Å²) in [4.78, 5) is 16.9. The smallest absolute Gasteiger partial charge is 0.339 e. The lowest BCUT2D eigenvalue weighted by Gasteiger charge is -2.18. The highest BCUT2D eigenvalue weighted by atomic mass is 16.5. The molecule has 0 aliphatic heterocycles. The van der Waals surface area contributed by atoms with Crippen LogP contribution in [0.15, 0.2) is 29.9 Å². The van der Waals surface area contributed by atoms with Crippen molar-refractivity contribution in [1.82, 2.24) is 4.98 Å². The standard InChI is InChI=1S/C21H29NO2/c1-6-24-20(23)18-14-17-8-7-12-21(4,5)13-11-15(2)9-10-19(17)22-16(18)3/h7,11-12,14H,6,8-10,13H2,1-5H3/b12-7+,15-11+. The van der Waals surface area contributed by atoms with Crippen molar-refractivity contribution in [1.29, 1.82) is 0 Å². The zero-order valence-electron chi connectivity index (χ0n) is 15.6. The average Bonchev–Trinajstić information content (AvgIpc) is 2.54. The van der Waals surface area contributed by atoms with Crippen molar-refractivity contribution < 1.29 is 9.53 Å². The Morgan fingerprint density at radius 3 is 2.75 bits per heavy atom. The molecule has 0 radical (unpaired) electrons. The fourth-order valence-corrected chi connectivity index (χ4v) is 2.93. The highest BCUT2D eigenvalue weighted by molar-refractivity contribution is 5.90. The van der Waals surface area contributed by atoms with Crippen LogP contribution in [0, 0.1) is 12.3 Å². The Balaban J connectivity index is 2.41. The van der Waals surface area contributed by atoms with Gasteiger partial charge in [0.1, 0.15) is 0 Å². The highest BCUT2D eigenvalue weighted by Crippen LogP contribution is 2.26. The predicted molar refractivity (Wildman–Crippen MR) is 98.3 cm³/mol. The van der Waals surface area contributed by atoms with Gasteiger partial charge in [-0.15, -0.1) is 0 Å². The Morgan fingerprint density at radius 2 is 2.04 bits per heavy atom. The fourth-order valence-electron chi connectivity index (χ4n) is 2.93. The largest absolute Gasteiger partial charge is 0.462 e. The number of nitrogens with zero attached hydrogens (tertiary/aromatic N) is 1. The Hall–Kier alpha value is -1.90. The molecule has 1 aromatic heterocycles. The van der Waals surface area contributed by atoms with Gasteiger partial charge in [-0.2, -0.15) is 0 Å². The van der Waals surface area contributed by atoms with Gasteiger partial charge in [0.25, 0.3) is 0 Å². The minimum atomic E-state index is -0.278. The van der Waals surface area contributed by atoms with Crippen LogP contribution in [0.3, 0.4) is 0 Å². The van der Waals surface area contributed by atoms with Gasteiger partial charge in [-0.3, -0.25) is 4.98 Å². The number of aryl methyl sites for hydroxylation is 2. The van der Waals surface area contributed by atoms with E-state index in [1.807, 2.05) is 19.9 Å². The second-order valence-corrected chi connectivity index (χ2v) is 7.30. The molecule has 2 rings (SSSR count). The summed E-state index contributed by atoms with van der Waals surface area (Å²) in [5.74, 6) is -0.278. The van der Waals surface area contributed by atoms with E-state index in [1.165, 1.54) is 5.57 Å². The van der Waals surface area contributed by atoms with Crippen molar-refractivity contribution in [3.05, 3.63) is 52.4 Å². The summed E-state index contributed by atoms with van der Waals surface area (Å²) in [6.45, 7) is 10.8. The number of carbonyl (C=O) groups is 1. The maximum absolute atomic E-state index is 12.1. The number of rotatable bonds is 2. The Morgan fingerprint density at radius 1 is 1.29 bits per heavy atom. The summed E-state index contributed by atoms with van der Waals surface area (Å²) in [6, 6.07) is 1.98. The molecule has 0 atom stereocenters. The minimum Gasteiger partial charge on any atom is -0.462 e. The molecule has 0 saturated heterocycles. The van der Waals surface area contributed by atoms with E-state index in [4.69, 9.17) is 9.72 Å². The number of aromatic nitrogens is 1. The van der Waals surface area contributed by atoms with Crippen molar-refractivity contribution in [2.75, 3.05) is 6.61 Å². The van der Waals surface area contributed by atoms with Crippen LogP contribution in [0.4, 0.5) is 0 Å². The summed E-state index contributed by atoms with van der Waals surface area (Å²) in [5.41, 5.74) is 5.12. The number of fused-ring (bicyclic) bond motifs is 1. The summed E-state index contributed by atoms with van der Waals surface area (Å²) in [7, 11) is 0. The van der Waals surface area contributed by atoms with Crippen LogP contribution in [0.25, 0.3) is 0 Å². The third-order valence-electron chi connectivity index (χ3n) is 4.52. The molecular formula is C21H29NO2. The first-order valence-corrected chi connectivity index (χ1v) is 8.82. The van der Waals surface area contributed by atoms with Crippen molar-refractivity contribution in [3.63, 3.8) is 0 Å². The number of hydrogen-bond donors (Lipinski definition) is 0. The first kappa shape index (κ1) is 18.4. The highest BCUT2D eigenvalue weighted by Gasteiger charge is 2.17. The van der Waals surface area contributed by atoms with Gasteiger partial charge in [0.05, 0.1) is 17.9 Å². The van der Waals surface area contributed by atoms with E-state index in [1.54, 1.807) is 0 Å². The van der Waals surface area contributed by atoms with Crippen molar-refractivity contribution in [2.24, 2.45) is 5.41 Å². The average molecular weight is 327 g/mol. The molecule has 0 N–H and O–H groups in total. The summed E-state index contributed by atoms with van der Waals surface area (Å²) >= 11 is 0. The summed E-state index contributed by atoms with van der Waals surface area (Å²) in [6.07, 6.45) is 10.6. The predicted octanol–water partition coefficient (Wildman–Crippen LogP) is 4.97. The number of esters is 1. The molecular weight excluding hydrogens is 298 g/mol. The molecule has 1 aromatic rings. The van der Waals surface area contributed by atoms with E-state index in [9.17, 15) is 4.79 Å². The van der Waals surface area contributed by atoms with E-state index in [-0.39, 0.29) is 11.4 Å². The quantitative estimate of drug-likeness (QED) is 0.568. The van der Waals surface area contributed by atoms with Crippen LogP contribution in [0.1, 0.15) is 67.8 Å².